The molecule has 1 aliphatic heterocycles. The fraction of sp³-hybridized carbons (Fsp3) is 0.500. The third kappa shape index (κ3) is 5.98. The van der Waals surface area contributed by atoms with E-state index in [9.17, 15) is 21.6 Å². The van der Waals surface area contributed by atoms with Crippen molar-refractivity contribution in [1.29, 1.82) is 5.26 Å². The quantitative estimate of drug-likeness (QED) is 0.398. The molecule has 0 aromatic heterocycles. The van der Waals surface area contributed by atoms with Crippen molar-refractivity contribution in [3.05, 3.63) is 30.3 Å². The van der Waals surface area contributed by atoms with Crippen LogP contribution in [0, 0.1) is 11.3 Å². The first-order chi connectivity index (χ1) is 13.1. The molecule has 1 fully saturated rings. The van der Waals surface area contributed by atoms with E-state index >= 15 is 0 Å². The fourth-order valence-electron chi connectivity index (χ4n) is 2.88. The molecule has 28 heavy (non-hydrogen) atoms. The number of hydrogen-bond acceptors (Lipinski definition) is 7. The standard InChI is InChI=1S/C16H22N4O6S2/c17-11-14-5-4-9-20(14)16(21)12-18-8-10-19(13-27(22,23)24)28(25,26)15-6-2-1-3-7-15/h1-3,6-7,14,18H,4-5,8-10,12-13H2,(H,22,23,24). The lowest BCUT2D eigenvalue weighted by Crippen LogP contribution is -2.44. The number of nitrogens with zero attached hydrogens (tertiary/aromatic N) is 3. The van der Waals surface area contributed by atoms with Gasteiger partial charge in [0.15, 0.2) is 0 Å². The van der Waals surface area contributed by atoms with Gasteiger partial charge in [-0.05, 0) is 25.0 Å². The Bertz CT molecular complexity index is 928. The summed E-state index contributed by atoms with van der Waals surface area (Å²) in [5.41, 5.74) is 0. The number of nitrogens with one attached hydrogen (secondary N) is 1. The molecule has 1 amide bonds. The van der Waals surface area contributed by atoms with Gasteiger partial charge in [0, 0.05) is 19.6 Å². The van der Waals surface area contributed by atoms with Gasteiger partial charge in [0.2, 0.25) is 15.9 Å². The maximum atomic E-state index is 12.6. The summed E-state index contributed by atoms with van der Waals surface area (Å²) in [6, 6.07) is 8.86. The average Bonchev–Trinajstić information content (AvgIpc) is 3.12. The van der Waals surface area contributed by atoms with Crippen LogP contribution in [0.3, 0.4) is 0 Å². The summed E-state index contributed by atoms with van der Waals surface area (Å²) in [5.74, 6) is -1.38. The van der Waals surface area contributed by atoms with Crippen LogP contribution < -0.4 is 5.32 Å². The molecule has 0 spiro atoms. The number of hydrogen-bond donors (Lipinski definition) is 2. The minimum Gasteiger partial charge on any atom is -0.326 e. The van der Waals surface area contributed by atoms with Crippen LogP contribution in [-0.4, -0.2) is 74.6 Å². The van der Waals surface area contributed by atoms with Gasteiger partial charge in [-0.1, -0.05) is 18.2 Å². The molecule has 154 valence electrons. The Labute approximate surface area is 164 Å². The number of nitriles is 1. The van der Waals surface area contributed by atoms with Crippen molar-refractivity contribution in [1.82, 2.24) is 14.5 Å². The Morgan fingerprint density at radius 3 is 2.57 bits per heavy atom. The molecule has 1 aliphatic rings. The Morgan fingerprint density at radius 1 is 1.29 bits per heavy atom. The predicted octanol–water partition coefficient (Wildman–Crippen LogP) is -0.373. The van der Waals surface area contributed by atoms with Crippen LogP contribution in [0.25, 0.3) is 0 Å². The Morgan fingerprint density at radius 2 is 1.96 bits per heavy atom. The van der Waals surface area contributed by atoms with Crippen LogP contribution in [0.5, 0.6) is 0 Å². The molecule has 1 saturated heterocycles. The predicted molar refractivity (Wildman–Crippen MR) is 100.0 cm³/mol. The highest BCUT2D eigenvalue weighted by Gasteiger charge is 2.29. The van der Waals surface area contributed by atoms with Crippen molar-refractivity contribution in [3.63, 3.8) is 0 Å². The number of carbonyl (C=O) groups excluding carboxylic acids is 1. The first-order valence-corrected chi connectivity index (χ1v) is 11.6. The maximum absolute atomic E-state index is 12.6. The summed E-state index contributed by atoms with van der Waals surface area (Å²) in [6.07, 6.45) is 1.38. The zero-order valence-electron chi connectivity index (χ0n) is 15.1. The van der Waals surface area contributed by atoms with Crippen LogP contribution in [0.4, 0.5) is 0 Å². The maximum Gasteiger partial charge on any atom is 0.279 e. The van der Waals surface area contributed by atoms with Gasteiger partial charge in [-0.2, -0.15) is 18.0 Å². The van der Waals surface area contributed by atoms with E-state index in [4.69, 9.17) is 9.81 Å². The summed E-state index contributed by atoms with van der Waals surface area (Å²) < 4.78 is 57.5. The minimum atomic E-state index is -4.58. The van der Waals surface area contributed by atoms with Crippen molar-refractivity contribution in [3.8, 4) is 6.07 Å². The Kier molecular flexibility index (Phi) is 7.50. The first-order valence-electron chi connectivity index (χ1n) is 8.55. The number of benzene rings is 1. The molecule has 0 saturated carbocycles. The molecule has 1 heterocycles. The SMILES string of the molecule is N#CC1CCCN1C(=O)CNCCN(CS(=O)(=O)O)S(=O)(=O)c1ccccc1. The molecular formula is C16H22N4O6S2. The molecule has 10 nitrogen and oxygen atoms in total. The third-order valence-corrected chi connectivity index (χ3v) is 6.89. The average molecular weight is 431 g/mol. The molecule has 2 rings (SSSR count). The van der Waals surface area contributed by atoms with E-state index in [0.717, 1.165) is 6.42 Å². The van der Waals surface area contributed by atoms with Gasteiger partial charge in [0.25, 0.3) is 10.1 Å². The van der Waals surface area contributed by atoms with E-state index in [0.29, 0.717) is 17.3 Å². The highest BCUT2D eigenvalue weighted by atomic mass is 32.2. The van der Waals surface area contributed by atoms with Crippen molar-refractivity contribution in [2.45, 2.75) is 23.8 Å². The van der Waals surface area contributed by atoms with Gasteiger partial charge < -0.3 is 10.2 Å². The van der Waals surface area contributed by atoms with E-state index in [-0.39, 0.29) is 30.4 Å². The van der Waals surface area contributed by atoms with Gasteiger partial charge in [0.1, 0.15) is 11.9 Å². The van der Waals surface area contributed by atoms with E-state index in [1.165, 1.54) is 29.2 Å². The molecule has 2 N–H and O–H groups in total. The van der Waals surface area contributed by atoms with Crippen molar-refractivity contribution < 1.29 is 26.2 Å². The summed E-state index contributed by atoms with van der Waals surface area (Å²) >= 11 is 0. The van der Waals surface area contributed by atoms with Crippen LogP contribution in [0.2, 0.25) is 0 Å². The van der Waals surface area contributed by atoms with Gasteiger partial charge >= 0.3 is 0 Å². The Hall–Kier alpha value is -2.04. The lowest BCUT2D eigenvalue weighted by atomic mass is 10.2. The van der Waals surface area contributed by atoms with E-state index < -0.39 is 32.1 Å². The van der Waals surface area contributed by atoms with E-state index in [1.807, 2.05) is 0 Å². The van der Waals surface area contributed by atoms with Crippen LogP contribution in [-0.2, 0) is 24.9 Å². The van der Waals surface area contributed by atoms with Crippen molar-refractivity contribution >= 4 is 26.0 Å². The van der Waals surface area contributed by atoms with Gasteiger partial charge in [-0.15, -0.1) is 0 Å². The van der Waals surface area contributed by atoms with Crippen LogP contribution in [0.1, 0.15) is 12.8 Å². The molecule has 0 aliphatic carbocycles. The normalized spacial score (nSPS) is 17.6. The number of amides is 1. The number of likely N-dealkylation sites (tertiary alicyclic amines) is 1. The monoisotopic (exact) mass is 430 g/mol. The minimum absolute atomic E-state index is 0.0155. The number of rotatable bonds is 9. The van der Waals surface area contributed by atoms with Gasteiger partial charge in [-0.25, -0.2) is 8.42 Å². The second-order valence-corrected chi connectivity index (χ2v) is 9.62. The van der Waals surface area contributed by atoms with Crippen molar-refractivity contribution in [2.24, 2.45) is 0 Å². The molecular weight excluding hydrogens is 408 g/mol. The summed E-state index contributed by atoms with van der Waals surface area (Å²) in [7, 11) is -8.73. The highest BCUT2D eigenvalue weighted by Crippen LogP contribution is 2.17. The fourth-order valence-corrected chi connectivity index (χ4v) is 5.46. The largest absolute Gasteiger partial charge is 0.326 e. The summed E-state index contributed by atoms with van der Waals surface area (Å²) in [5, 5.41) is 11.8. The van der Waals surface area contributed by atoms with E-state index in [1.54, 1.807) is 6.07 Å². The highest BCUT2D eigenvalue weighted by molar-refractivity contribution is 7.91. The molecule has 1 unspecified atom stereocenters. The second-order valence-electron chi connectivity index (χ2n) is 6.26. The molecule has 1 atom stereocenters. The second kappa shape index (κ2) is 9.44. The number of sulfonamides is 1. The summed E-state index contributed by atoms with van der Waals surface area (Å²) in [4.78, 5) is 13.5. The molecule has 1 aromatic rings. The number of carbonyl (C=O) groups is 1. The first kappa shape index (κ1) is 22.3. The van der Waals surface area contributed by atoms with Crippen LogP contribution in [0.15, 0.2) is 35.2 Å². The topological polar surface area (TPSA) is 148 Å². The van der Waals surface area contributed by atoms with Crippen LogP contribution >= 0.6 is 0 Å². The zero-order chi connectivity index (χ0) is 20.8. The van der Waals surface area contributed by atoms with E-state index in [2.05, 4.69) is 11.4 Å². The molecule has 12 heteroatoms. The smallest absolute Gasteiger partial charge is 0.279 e. The van der Waals surface area contributed by atoms with Gasteiger partial charge in [-0.3, -0.25) is 9.35 Å². The third-order valence-electron chi connectivity index (χ3n) is 4.22. The lowest BCUT2D eigenvalue weighted by molar-refractivity contribution is -0.130. The summed E-state index contributed by atoms with van der Waals surface area (Å²) in [6.45, 7) is 0.101. The molecule has 0 bridgehead atoms. The Balaban J connectivity index is 1.98. The lowest BCUT2D eigenvalue weighted by Gasteiger charge is -2.22. The van der Waals surface area contributed by atoms with Gasteiger partial charge in [0.05, 0.1) is 17.5 Å². The zero-order valence-corrected chi connectivity index (χ0v) is 16.7. The van der Waals surface area contributed by atoms with Crippen molar-refractivity contribution in [2.75, 3.05) is 32.1 Å². The molecule has 1 aromatic carbocycles. The molecule has 0 radical (unpaired) electrons.